The summed E-state index contributed by atoms with van der Waals surface area (Å²) in [6.07, 6.45) is 6.89. The summed E-state index contributed by atoms with van der Waals surface area (Å²) < 4.78 is 5.87. The van der Waals surface area contributed by atoms with Crippen molar-refractivity contribution >= 4 is 34.0 Å². The molecule has 1 N–H and O–H groups in total. The molecule has 6 atom stereocenters. The molecule has 0 spiro atoms. The molecule has 27 heavy (non-hydrogen) atoms. The second kappa shape index (κ2) is 5.92. The van der Waals surface area contributed by atoms with E-state index >= 15 is 0 Å². The maximum absolute atomic E-state index is 12.9. The number of halogens is 1. The minimum Gasteiger partial charge on any atom is -0.503 e. The highest BCUT2D eigenvalue weighted by Gasteiger charge is 2.67. The van der Waals surface area contributed by atoms with Crippen molar-refractivity contribution in [3.63, 3.8) is 0 Å². The van der Waals surface area contributed by atoms with Gasteiger partial charge in [-0.2, -0.15) is 10.1 Å². The highest BCUT2D eigenvalue weighted by atomic mass is 79.9. The number of nitrogens with zero attached hydrogens (tertiary/aromatic N) is 2. The average Bonchev–Trinajstić information content (AvgIpc) is 3.43. The molecule has 2 bridgehead atoms. The van der Waals surface area contributed by atoms with Gasteiger partial charge in [-0.15, -0.1) is 0 Å². The van der Waals surface area contributed by atoms with Crippen LogP contribution in [0.25, 0.3) is 0 Å². The quantitative estimate of drug-likeness (QED) is 0.452. The summed E-state index contributed by atoms with van der Waals surface area (Å²) in [6, 6.07) is 3.30. The van der Waals surface area contributed by atoms with Gasteiger partial charge in [0.1, 0.15) is 0 Å². The second-order valence-corrected chi connectivity index (χ2v) is 8.52. The Balaban J connectivity index is 1.42. The Hall–Kier alpha value is -2.15. The average molecular weight is 431 g/mol. The monoisotopic (exact) mass is 430 g/mol. The smallest absolute Gasteiger partial charge is 0.254 e. The third-order valence-electron chi connectivity index (χ3n) is 6.31. The number of aromatic hydroxyl groups is 1. The van der Waals surface area contributed by atoms with Gasteiger partial charge >= 0.3 is 0 Å². The van der Waals surface area contributed by atoms with E-state index in [4.69, 9.17) is 4.74 Å². The lowest BCUT2D eigenvalue weighted by molar-refractivity contribution is -0.140. The number of phenolic OH excluding ortho intramolecular Hbond substituents is 1. The molecule has 7 heteroatoms. The summed E-state index contributed by atoms with van der Waals surface area (Å²) in [5.41, 5.74) is 0.627. The van der Waals surface area contributed by atoms with E-state index in [9.17, 15) is 14.7 Å². The normalized spacial score (nSPS) is 35.7. The van der Waals surface area contributed by atoms with Crippen molar-refractivity contribution in [3.8, 4) is 11.5 Å². The number of carbonyl (C=O) groups is 2. The number of allylic oxidation sites excluding steroid dienone is 2. The van der Waals surface area contributed by atoms with E-state index in [1.165, 1.54) is 6.21 Å². The van der Waals surface area contributed by atoms with Crippen LogP contribution in [0.2, 0.25) is 0 Å². The van der Waals surface area contributed by atoms with Crippen LogP contribution in [0.3, 0.4) is 0 Å². The van der Waals surface area contributed by atoms with Crippen molar-refractivity contribution in [2.75, 3.05) is 6.61 Å². The number of hydrogen-bond acceptors (Lipinski definition) is 5. The van der Waals surface area contributed by atoms with Gasteiger partial charge in [-0.1, -0.05) is 12.2 Å². The summed E-state index contributed by atoms with van der Waals surface area (Å²) in [6.45, 7) is 2.23. The molecule has 2 amide bonds. The van der Waals surface area contributed by atoms with Crippen molar-refractivity contribution in [1.29, 1.82) is 0 Å². The molecular formula is C20H19BrN2O4. The number of imide groups is 1. The van der Waals surface area contributed by atoms with Crippen LogP contribution >= 0.6 is 15.9 Å². The lowest BCUT2D eigenvalue weighted by Crippen LogP contribution is -2.40. The van der Waals surface area contributed by atoms with Crippen LogP contribution in [-0.4, -0.2) is 34.8 Å². The van der Waals surface area contributed by atoms with Crippen molar-refractivity contribution in [3.05, 3.63) is 34.3 Å². The van der Waals surface area contributed by atoms with E-state index in [0.717, 1.165) is 11.4 Å². The topological polar surface area (TPSA) is 79.2 Å². The minimum absolute atomic E-state index is 0.00946. The molecule has 1 aliphatic heterocycles. The zero-order valence-electron chi connectivity index (χ0n) is 14.7. The number of hydrazone groups is 1. The Kier molecular flexibility index (Phi) is 3.73. The van der Waals surface area contributed by atoms with Crippen molar-refractivity contribution in [2.24, 2.45) is 40.6 Å². The number of rotatable bonds is 4. The Morgan fingerprint density at radius 2 is 1.85 bits per heavy atom. The molecule has 6 unspecified atom stereocenters. The highest BCUT2D eigenvalue weighted by molar-refractivity contribution is 9.10. The molecule has 2 saturated carbocycles. The number of amides is 2. The van der Waals surface area contributed by atoms with Crippen molar-refractivity contribution in [2.45, 2.75) is 13.3 Å². The maximum atomic E-state index is 12.9. The molecule has 140 valence electrons. The van der Waals surface area contributed by atoms with Crippen LogP contribution in [0.15, 0.2) is 33.9 Å². The summed E-state index contributed by atoms with van der Waals surface area (Å²) in [5.74, 6) is 0.981. The van der Waals surface area contributed by atoms with Gasteiger partial charge in [0.15, 0.2) is 11.5 Å². The Bertz CT molecular complexity index is 875. The number of carbonyl (C=O) groups excluding carboxylic acids is 2. The van der Waals surface area contributed by atoms with E-state index in [-0.39, 0.29) is 41.2 Å². The standard InChI is InChI=1S/C20H19BrN2O4/c1-2-27-15-6-9(5-14(21)18(15)24)8-22-23-19(25)16-10-3-4-11(13-7-12(10)13)17(16)20(23)26/h3-6,8,10-13,16-17,24H,2,7H2,1H3. The SMILES string of the molecule is CCOc1cc(C=NN2C(=O)C3C4C=CC(C5CC45)C3C2=O)cc(Br)c1O. The molecule has 4 aliphatic carbocycles. The Labute approximate surface area is 165 Å². The molecule has 3 fully saturated rings. The molecule has 1 aromatic carbocycles. The number of ether oxygens (including phenoxy) is 1. The molecule has 6 nitrogen and oxygen atoms in total. The van der Waals surface area contributed by atoms with Gasteiger partial charge < -0.3 is 9.84 Å². The van der Waals surface area contributed by atoms with Crippen LogP contribution in [-0.2, 0) is 9.59 Å². The summed E-state index contributed by atoms with van der Waals surface area (Å²) in [5, 5.41) is 15.3. The first-order valence-corrected chi connectivity index (χ1v) is 10.1. The van der Waals surface area contributed by atoms with Crippen LogP contribution < -0.4 is 4.74 Å². The fraction of sp³-hybridized carbons (Fsp3) is 0.450. The van der Waals surface area contributed by atoms with Crippen LogP contribution in [0.4, 0.5) is 0 Å². The largest absolute Gasteiger partial charge is 0.503 e. The van der Waals surface area contributed by atoms with Gasteiger partial charge in [-0.05, 0) is 70.6 Å². The number of phenols is 1. The number of hydrogen-bond donors (Lipinski definition) is 1. The van der Waals surface area contributed by atoms with Gasteiger partial charge in [0, 0.05) is 0 Å². The molecule has 0 aromatic heterocycles. The minimum atomic E-state index is -0.251. The van der Waals surface area contributed by atoms with E-state index in [0.29, 0.717) is 34.2 Å². The van der Waals surface area contributed by atoms with Crippen molar-refractivity contribution in [1.82, 2.24) is 5.01 Å². The van der Waals surface area contributed by atoms with E-state index < -0.39 is 0 Å². The van der Waals surface area contributed by atoms with Gasteiger partial charge in [-0.3, -0.25) is 9.59 Å². The first-order valence-electron chi connectivity index (χ1n) is 9.26. The summed E-state index contributed by atoms with van der Waals surface area (Å²) in [4.78, 5) is 25.8. The predicted molar refractivity (Wildman–Crippen MR) is 101 cm³/mol. The van der Waals surface area contributed by atoms with E-state index in [1.807, 2.05) is 6.92 Å². The molecule has 1 saturated heterocycles. The Morgan fingerprint density at radius 3 is 2.44 bits per heavy atom. The fourth-order valence-electron chi connectivity index (χ4n) is 5.11. The van der Waals surface area contributed by atoms with Gasteiger partial charge in [0.05, 0.1) is 29.1 Å². The zero-order valence-corrected chi connectivity index (χ0v) is 16.3. The van der Waals surface area contributed by atoms with Gasteiger partial charge in [0.25, 0.3) is 11.8 Å². The molecular weight excluding hydrogens is 412 g/mol. The molecule has 1 heterocycles. The molecule has 1 aromatic rings. The van der Waals surface area contributed by atoms with Crippen molar-refractivity contribution < 1.29 is 19.4 Å². The van der Waals surface area contributed by atoms with E-state index in [1.54, 1.807) is 12.1 Å². The lowest BCUT2D eigenvalue weighted by Gasteiger charge is -2.37. The first-order chi connectivity index (χ1) is 13.0. The molecule has 0 radical (unpaired) electrons. The maximum Gasteiger partial charge on any atom is 0.254 e. The van der Waals surface area contributed by atoms with Crippen LogP contribution in [0.1, 0.15) is 18.9 Å². The third kappa shape index (κ3) is 2.40. The zero-order chi connectivity index (χ0) is 18.9. The molecule has 6 rings (SSSR count). The second-order valence-electron chi connectivity index (χ2n) is 7.67. The van der Waals surface area contributed by atoms with Crippen LogP contribution in [0, 0.1) is 35.5 Å². The highest BCUT2D eigenvalue weighted by Crippen LogP contribution is 2.65. The predicted octanol–water partition coefficient (Wildman–Crippen LogP) is 2.94. The Morgan fingerprint density at radius 1 is 1.22 bits per heavy atom. The molecule has 5 aliphatic rings. The van der Waals surface area contributed by atoms with Crippen LogP contribution in [0.5, 0.6) is 11.5 Å². The van der Waals surface area contributed by atoms with Gasteiger partial charge in [0.2, 0.25) is 0 Å². The summed E-state index contributed by atoms with van der Waals surface area (Å²) in [7, 11) is 0. The lowest BCUT2D eigenvalue weighted by atomic mass is 9.63. The first kappa shape index (κ1) is 17.0. The van der Waals surface area contributed by atoms with Gasteiger partial charge in [-0.25, -0.2) is 0 Å². The van der Waals surface area contributed by atoms with E-state index in [2.05, 4.69) is 33.2 Å². The fourth-order valence-corrected chi connectivity index (χ4v) is 5.57. The number of benzene rings is 1. The third-order valence-corrected chi connectivity index (χ3v) is 6.92. The summed E-state index contributed by atoms with van der Waals surface area (Å²) >= 11 is 3.28.